The van der Waals surface area contributed by atoms with E-state index in [1.807, 2.05) is 0 Å². The molecule has 6 nitrogen and oxygen atoms in total. The van der Waals surface area contributed by atoms with Gasteiger partial charge in [0.2, 0.25) is 11.8 Å². The van der Waals surface area contributed by atoms with Crippen molar-refractivity contribution in [2.24, 2.45) is 0 Å². The van der Waals surface area contributed by atoms with Gasteiger partial charge < -0.3 is 10.1 Å². The van der Waals surface area contributed by atoms with E-state index in [2.05, 4.69) is 5.32 Å². The third-order valence-electron chi connectivity index (χ3n) is 3.27. The number of ether oxygens (including phenoxy) is 1. The van der Waals surface area contributed by atoms with Crippen molar-refractivity contribution in [2.75, 3.05) is 20.2 Å². The zero-order valence-electron chi connectivity index (χ0n) is 11.1. The zero-order chi connectivity index (χ0) is 13.8. The summed E-state index contributed by atoms with van der Waals surface area (Å²) in [6.07, 6.45) is 0.892. The van der Waals surface area contributed by atoms with Gasteiger partial charge in [0.1, 0.15) is 5.54 Å². The first-order valence-corrected chi connectivity index (χ1v) is 6.14. The number of likely N-dealkylation sites (tertiary alicyclic amines) is 1. The summed E-state index contributed by atoms with van der Waals surface area (Å²) in [4.78, 5) is 35.9. The van der Waals surface area contributed by atoms with Crippen LogP contribution in [0.1, 0.15) is 33.1 Å². The largest absolute Gasteiger partial charge is 0.465 e. The topological polar surface area (TPSA) is 75.7 Å². The summed E-state index contributed by atoms with van der Waals surface area (Å²) in [5.41, 5.74) is -0.876. The molecule has 102 valence electrons. The number of hydrogen-bond acceptors (Lipinski definition) is 5. The van der Waals surface area contributed by atoms with Gasteiger partial charge >= 0.3 is 5.97 Å². The van der Waals surface area contributed by atoms with Crippen LogP contribution in [0.2, 0.25) is 0 Å². The summed E-state index contributed by atoms with van der Waals surface area (Å²) in [5.74, 6) is -0.698. The van der Waals surface area contributed by atoms with Crippen molar-refractivity contribution in [1.82, 2.24) is 10.2 Å². The van der Waals surface area contributed by atoms with Crippen LogP contribution in [0.25, 0.3) is 0 Å². The maximum absolute atomic E-state index is 11.8. The lowest BCUT2D eigenvalue weighted by molar-refractivity contribution is -0.152. The summed E-state index contributed by atoms with van der Waals surface area (Å²) < 4.78 is 4.98. The Kier molecular flexibility index (Phi) is 4.84. The van der Waals surface area contributed by atoms with Gasteiger partial charge in [0.05, 0.1) is 6.61 Å². The van der Waals surface area contributed by atoms with Crippen LogP contribution in [-0.2, 0) is 19.1 Å². The van der Waals surface area contributed by atoms with Crippen LogP contribution in [0.15, 0.2) is 0 Å². The fraction of sp³-hybridized carbons (Fsp3) is 0.750. The second-order valence-electron chi connectivity index (χ2n) is 4.49. The lowest BCUT2D eigenvalue weighted by atomic mass is 9.98. The molecule has 1 atom stereocenters. The number of rotatable bonds is 6. The van der Waals surface area contributed by atoms with Crippen LogP contribution in [0.5, 0.6) is 0 Å². The Hall–Kier alpha value is -1.43. The third-order valence-corrected chi connectivity index (χ3v) is 3.27. The van der Waals surface area contributed by atoms with E-state index in [9.17, 15) is 14.4 Å². The van der Waals surface area contributed by atoms with Crippen LogP contribution in [0, 0.1) is 0 Å². The quantitative estimate of drug-likeness (QED) is 0.537. The van der Waals surface area contributed by atoms with Gasteiger partial charge in [-0.05, 0) is 27.3 Å². The van der Waals surface area contributed by atoms with Crippen molar-refractivity contribution >= 4 is 17.8 Å². The number of esters is 1. The Balaban J connectivity index is 2.61. The molecule has 1 aliphatic heterocycles. The van der Waals surface area contributed by atoms with E-state index >= 15 is 0 Å². The van der Waals surface area contributed by atoms with Gasteiger partial charge in [0.25, 0.3) is 0 Å². The highest BCUT2D eigenvalue weighted by Gasteiger charge is 2.36. The zero-order valence-corrected chi connectivity index (χ0v) is 11.1. The lowest BCUT2D eigenvalue weighted by Crippen LogP contribution is -2.51. The monoisotopic (exact) mass is 256 g/mol. The molecule has 1 unspecified atom stereocenters. The van der Waals surface area contributed by atoms with E-state index in [0.29, 0.717) is 13.0 Å². The molecular formula is C12H20N2O4. The van der Waals surface area contributed by atoms with Crippen molar-refractivity contribution in [3.05, 3.63) is 0 Å². The van der Waals surface area contributed by atoms with Crippen molar-refractivity contribution < 1.29 is 19.1 Å². The molecule has 0 aromatic rings. The Bertz CT molecular complexity index is 340. The maximum Gasteiger partial charge on any atom is 0.326 e. The molecule has 0 aromatic carbocycles. The van der Waals surface area contributed by atoms with Gasteiger partial charge in [-0.15, -0.1) is 0 Å². The molecule has 1 aliphatic rings. The van der Waals surface area contributed by atoms with E-state index in [0.717, 1.165) is 0 Å². The molecule has 0 bridgehead atoms. The van der Waals surface area contributed by atoms with Gasteiger partial charge in [-0.3, -0.25) is 19.3 Å². The molecule has 2 amide bonds. The third kappa shape index (κ3) is 3.07. The summed E-state index contributed by atoms with van der Waals surface area (Å²) in [6.45, 7) is 3.99. The Morgan fingerprint density at radius 1 is 1.39 bits per heavy atom. The predicted octanol–water partition coefficient (Wildman–Crippen LogP) is 0.0667. The average Bonchev–Trinajstić information content (AvgIpc) is 2.66. The molecule has 0 aromatic heterocycles. The summed E-state index contributed by atoms with van der Waals surface area (Å²) in [7, 11) is 1.66. The fourth-order valence-electron chi connectivity index (χ4n) is 1.83. The van der Waals surface area contributed by atoms with Crippen LogP contribution >= 0.6 is 0 Å². The molecule has 1 N–H and O–H groups in total. The van der Waals surface area contributed by atoms with Crippen LogP contribution in [-0.4, -0.2) is 48.4 Å². The number of nitrogens with zero attached hydrogens (tertiary/aromatic N) is 1. The lowest BCUT2D eigenvalue weighted by Gasteiger charge is -2.28. The van der Waals surface area contributed by atoms with Gasteiger partial charge in [0.15, 0.2) is 0 Å². The molecule has 1 rings (SSSR count). The first-order chi connectivity index (χ1) is 8.44. The smallest absolute Gasteiger partial charge is 0.326 e. The number of imide groups is 1. The molecular weight excluding hydrogens is 236 g/mol. The minimum absolute atomic E-state index is 0.165. The van der Waals surface area contributed by atoms with Crippen molar-refractivity contribution in [1.29, 1.82) is 0 Å². The van der Waals surface area contributed by atoms with E-state index in [4.69, 9.17) is 4.74 Å². The van der Waals surface area contributed by atoms with E-state index in [1.54, 1.807) is 20.9 Å². The molecule has 1 heterocycles. The minimum Gasteiger partial charge on any atom is -0.465 e. The summed E-state index contributed by atoms with van der Waals surface area (Å²) in [5, 5.41) is 2.89. The van der Waals surface area contributed by atoms with E-state index in [1.165, 1.54) is 4.90 Å². The standard InChI is InChI=1S/C12H20N2O4/c1-4-18-11(17)12(2,13-3)7-8-14-9(15)5-6-10(14)16/h13H,4-8H2,1-3H3. The minimum atomic E-state index is -0.876. The SMILES string of the molecule is CCOC(=O)C(C)(CCN1C(=O)CCC1=O)NC. The second kappa shape index (κ2) is 5.95. The van der Waals surface area contributed by atoms with Crippen LogP contribution in [0.4, 0.5) is 0 Å². The van der Waals surface area contributed by atoms with Crippen molar-refractivity contribution in [3.8, 4) is 0 Å². The number of amides is 2. The first kappa shape index (κ1) is 14.6. The number of hydrogen-bond donors (Lipinski definition) is 1. The molecule has 0 aliphatic carbocycles. The normalized spacial score (nSPS) is 18.9. The highest BCUT2D eigenvalue weighted by molar-refractivity contribution is 6.01. The van der Waals surface area contributed by atoms with E-state index in [-0.39, 0.29) is 37.2 Å². The molecule has 1 fully saturated rings. The van der Waals surface area contributed by atoms with Crippen molar-refractivity contribution in [3.63, 3.8) is 0 Å². The van der Waals surface area contributed by atoms with Gasteiger partial charge in [-0.25, -0.2) is 0 Å². The molecule has 0 radical (unpaired) electrons. The maximum atomic E-state index is 11.8. The highest BCUT2D eigenvalue weighted by Crippen LogP contribution is 2.17. The molecule has 0 spiro atoms. The van der Waals surface area contributed by atoms with Gasteiger partial charge in [0, 0.05) is 19.4 Å². The highest BCUT2D eigenvalue weighted by atomic mass is 16.5. The number of likely N-dealkylation sites (N-methyl/N-ethyl adjacent to an activating group) is 1. The molecule has 18 heavy (non-hydrogen) atoms. The number of carbonyl (C=O) groups is 3. The van der Waals surface area contributed by atoms with Crippen LogP contribution in [0.3, 0.4) is 0 Å². The second-order valence-corrected chi connectivity index (χ2v) is 4.49. The van der Waals surface area contributed by atoms with Gasteiger partial charge in [-0.2, -0.15) is 0 Å². The Morgan fingerprint density at radius 2 is 1.94 bits per heavy atom. The first-order valence-electron chi connectivity index (χ1n) is 6.14. The molecule has 0 saturated carbocycles. The Labute approximate surface area is 107 Å². The van der Waals surface area contributed by atoms with E-state index < -0.39 is 5.54 Å². The van der Waals surface area contributed by atoms with Crippen LogP contribution < -0.4 is 5.32 Å². The van der Waals surface area contributed by atoms with Gasteiger partial charge in [-0.1, -0.05) is 0 Å². The average molecular weight is 256 g/mol. The fourth-order valence-corrected chi connectivity index (χ4v) is 1.83. The van der Waals surface area contributed by atoms with Crippen molar-refractivity contribution in [2.45, 2.75) is 38.6 Å². The molecule has 1 saturated heterocycles. The Morgan fingerprint density at radius 3 is 2.39 bits per heavy atom. The summed E-state index contributed by atoms with van der Waals surface area (Å²) >= 11 is 0. The number of nitrogens with one attached hydrogen (secondary N) is 1. The molecule has 6 heteroatoms. The predicted molar refractivity (Wildman–Crippen MR) is 64.7 cm³/mol. The number of carbonyl (C=O) groups excluding carboxylic acids is 3. The summed E-state index contributed by atoms with van der Waals surface area (Å²) in [6, 6.07) is 0.